The molecule has 0 saturated carbocycles. The molecule has 2 heterocycles. The van der Waals surface area contributed by atoms with E-state index in [1.54, 1.807) is 6.20 Å². The molecule has 0 radical (unpaired) electrons. The maximum Gasteiger partial charge on any atom is 0.495 e. The number of hydrogen-bond donors (Lipinski definition) is 0. The third kappa shape index (κ3) is 3.21. The zero-order valence-electron chi connectivity index (χ0n) is 14.5. The fourth-order valence-corrected chi connectivity index (χ4v) is 2.63. The van der Waals surface area contributed by atoms with E-state index in [1.807, 2.05) is 52.0 Å². The number of nitrogens with zero attached hydrogens (tertiary/aromatic N) is 1. The molecule has 1 atom stereocenters. The summed E-state index contributed by atoms with van der Waals surface area (Å²) in [5.74, 6) is 0.583. The Morgan fingerprint density at radius 2 is 1.78 bits per heavy atom. The minimum absolute atomic E-state index is 0.356. The van der Waals surface area contributed by atoms with Gasteiger partial charge in [0.05, 0.1) is 11.2 Å². The number of hydrogen-bond acceptors (Lipinski definition) is 4. The highest BCUT2D eigenvalue weighted by molar-refractivity contribution is 6.62. The molecule has 5 heteroatoms. The van der Waals surface area contributed by atoms with Gasteiger partial charge in [0.15, 0.2) is 0 Å². The van der Waals surface area contributed by atoms with Crippen molar-refractivity contribution in [2.45, 2.75) is 57.8 Å². The first-order valence-electron chi connectivity index (χ1n) is 8.06. The van der Waals surface area contributed by atoms with E-state index < -0.39 is 7.12 Å². The van der Waals surface area contributed by atoms with Gasteiger partial charge in [0.2, 0.25) is 5.88 Å². The maximum atomic E-state index is 6.09. The largest absolute Gasteiger partial charge is 0.495 e. The molecule has 1 saturated heterocycles. The molecule has 2 aliphatic rings. The second-order valence-electron chi connectivity index (χ2n) is 7.42. The second kappa shape index (κ2) is 5.50. The summed E-state index contributed by atoms with van der Waals surface area (Å²) in [5, 5.41) is 0. The summed E-state index contributed by atoms with van der Waals surface area (Å²) in [7, 11) is -0.403. The van der Waals surface area contributed by atoms with Gasteiger partial charge in [0.25, 0.3) is 0 Å². The van der Waals surface area contributed by atoms with E-state index in [0.717, 1.165) is 11.9 Å². The van der Waals surface area contributed by atoms with Crippen molar-refractivity contribution in [3.63, 3.8) is 0 Å². The predicted octanol–water partition coefficient (Wildman–Crippen LogP) is 3.03. The number of pyridine rings is 1. The quantitative estimate of drug-likeness (QED) is 0.804. The zero-order chi connectivity index (χ0) is 16.7. The van der Waals surface area contributed by atoms with Crippen LogP contribution in [0.3, 0.4) is 0 Å². The maximum absolute atomic E-state index is 6.09. The average molecular weight is 313 g/mol. The van der Waals surface area contributed by atoms with Crippen LogP contribution in [0.4, 0.5) is 0 Å². The smallest absolute Gasteiger partial charge is 0.467 e. The van der Waals surface area contributed by atoms with E-state index in [0.29, 0.717) is 5.88 Å². The van der Waals surface area contributed by atoms with Crippen molar-refractivity contribution in [1.29, 1.82) is 0 Å². The Labute approximate surface area is 138 Å². The van der Waals surface area contributed by atoms with E-state index in [2.05, 4.69) is 24.1 Å². The molecular formula is C18H24BNO3. The molecule has 4 nitrogen and oxygen atoms in total. The topological polar surface area (TPSA) is 40.6 Å². The van der Waals surface area contributed by atoms with Gasteiger partial charge in [-0.1, -0.05) is 18.2 Å². The number of allylic oxidation sites excluding steroid dienone is 2. The van der Waals surface area contributed by atoms with Gasteiger partial charge >= 0.3 is 7.12 Å². The summed E-state index contributed by atoms with van der Waals surface area (Å²) in [4.78, 5) is 4.33. The third-order valence-corrected chi connectivity index (χ3v) is 4.84. The Balaban J connectivity index is 1.79. The molecule has 3 rings (SSSR count). The molecule has 0 spiro atoms. The highest BCUT2D eigenvalue weighted by Crippen LogP contribution is 2.36. The summed E-state index contributed by atoms with van der Waals surface area (Å²) in [6, 6.07) is 3.81. The molecule has 1 aromatic rings. The van der Waals surface area contributed by atoms with Gasteiger partial charge in [-0.25, -0.2) is 4.98 Å². The van der Waals surface area contributed by atoms with Gasteiger partial charge in [-0.05, 0) is 52.2 Å². The van der Waals surface area contributed by atoms with Crippen molar-refractivity contribution >= 4 is 12.6 Å². The Morgan fingerprint density at radius 3 is 2.39 bits per heavy atom. The van der Waals surface area contributed by atoms with Crippen LogP contribution in [0.15, 0.2) is 42.6 Å². The minimum atomic E-state index is -0.403. The number of rotatable bonds is 3. The summed E-state index contributed by atoms with van der Waals surface area (Å²) in [6.45, 7) is 10.2. The molecule has 0 bridgehead atoms. The Morgan fingerprint density at radius 1 is 1.09 bits per heavy atom. The normalized spacial score (nSPS) is 28.1. The molecule has 1 aromatic heterocycles. The molecule has 23 heavy (non-hydrogen) atoms. The highest BCUT2D eigenvalue weighted by atomic mass is 16.7. The first kappa shape index (κ1) is 16.3. The Kier molecular flexibility index (Phi) is 3.89. The van der Waals surface area contributed by atoms with E-state index in [1.165, 1.54) is 0 Å². The van der Waals surface area contributed by atoms with E-state index in [9.17, 15) is 0 Å². The first-order chi connectivity index (χ1) is 10.7. The molecule has 0 aromatic carbocycles. The fourth-order valence-electron chi connectivity index (χ4n) is 2.63. The molecule has 0 N–H and O–H groups in total. The van der Waals surface area contributed by atoms with Gasteiger partial charge in [0.1, 0.15) is 5.60 Å². The molecule has 0 amide bonds. The van der Waals surface area contributed by atoms with Crippen LogP contribution < -0.4 is 10.2 Å². The summed E-state index contributed by atoms with van der Waals surface area (Å²) in [5.41, 5.74) is -0.154. The first-order valence-corrected chi connectivity index (χ1v) is 8.06. The SMILES string of the molecule is CC1(Oc2cc(B3OC(C)(C)C(C)(C)O3)ccn2)C=CC=CC1. The van der Waals surface area contributed by atoms with Gasteiger partial charge in [-0.3, -0.25) is 0 Å². The summed E-state index contributed by atoms with van der Waals surface area (Å²) < 4.78 is 18.3. The van der Waals surface area contributed by atoms with Gasteiger partial charge in [-0.15, -0.1) is 0 Å². The molecule has 1 fully saturated rings. The van der Waals surface area contributed by atoms with Gasteiger partial charge in [0, 0.05) is 18.7 Å². The van der Waals surface area contributed by atoms with Crippen LogP contribution in [0.5, 0.6) is 5.88 Å². The fraction of sp³-hybridized carbons (Fsp3) is 0.500. The van der Waals surface area contributed by atoms with Crippen molar-refractivity contribution in [2.24, 2.45) is 0 Å². The number of ether oxygens (including phenoxy) is 1. The van der Waals surface area contributed by atoms with Crippen molar-refractivity contribution in [3.8, 4) is 5.88 Å². The lowest BCUT2D eigenvalue weighted by Gasteiger charge is -2.32. The second-order valence-corrected chi connectivity index (χ2v) is 7.42. The molecule has 122 valence electrons. The van der Waals surface area contributed by atoms with Crippen LogP contribution in [0.2, 0.25) is 0 Å². The lowest BCUT2D eigenvalue weighted by Crippen LogP contribution is -2.41. The molecule has 1 aliphatic carbocycles. The summed E-state index contributed by atoms with van der Waals surface area (Å²) in [6.07, 6.45) is 10.7. The average Bonchev–Trinajstić information content (AvgIpc) is 2.68. The van der Waals surface area contributed by atoms with Crippen molar-refractivity contribution in [1.82, 2.24) is 4.98 Å². The van der Waals surface area contributed by atoms with Crippen LogP contribution in [0.1, 0.15) is 41.0 Å². The van der Waals surface area contributed by atoms with Crippen LogP contribution in [0, 0.1) is 0 Å². The van der Waals surface area contributed by atoms with E-state index in [-0.39, 0.29) is 16.8 Å². The van der Waals surface area contributed by atoms with Crippen LogP contribution >= 0.6 is 0 Å². The van der Waals surface area contributed by atoms with Crippen LogP contribution in [-0.2, 0) is 9.31 Å². The van der Waals surface area contributed by atoms with Gasteiger partial charge < -0.3 is 14.0 Å². The van der Waals surface area contributed by atoms with Crippen LogP contribution in [-0.4, -0.2) is 28.9 Å². The Bertz CT molecular complexity index is 637. The molecule has 1 aliphatic heterocycles. The Hall–Kier alpha value is -1.59. The zero-order valence-corrected chi connectivity index (χ0v) is 14.5. The number of aromatic nitrogens is 1. The van der Waals surface area contributed by atoms with Crippen molar-refractivity contribution in [3.05, 3.63) is 42.6 Å². The standard InChI is InChI=1S/C18H24BNO3/c1-16(2)17(3,4)23-19(22-16)14-9-12-20-15(13-14)21-18(5)10-7-6-8-11-18/h6-10,12-13H,11H2,1-5H3. The van der Waals surface area contributed by atoms with E-state index >= 15 is 0 Å². The monoisotopic (exact) mass is 313 g/mol. The third-order valence-electron chi connectivity index (χ3n) is 4.84. The van der Waals surface area contributed by atoms with Gasteiger partial charge in [-0.2, -0.15) is 0 Å². The van der Waals surface area contributed by atoms with Crippen molar-refractivity contribution in [2.75, 3.05) is 0 Å². The van der Waals surface area contributed by atoms with Crippen molar-refractivity contribution < 1.29 is 14.0 Å². The molecular weight excluding hydrogens is 289 g/mol. The summed E-state index contributed by atoms with van der Waals surface area (Å²) >= 11 is 0. The van der Waals surface area contributed by atoms with E-state index in [4.69, 9.17) is 14.0 Å². The highest BCUT2D eigenvalue weighted by Gasteiger charge is 2.51. The predicted molar refractivity (Wildman–Crippen MR) is 91.9 cm³/mol. The lowest BCUT2D eigenvalue weighted by atomic mass is 9.80. The molecule has 1 unspecified atom stereocenters. The minimum Gasteiger partial charge on any atom is -0.467 e. The van der Waals surface area contributed by atoms with Crippen LogP contribution in [0.25, 0.3) is 0 Å². The lowest BCUT2D eigenvalue weighted by molar-refractivity contribution is 0.00578.